The SMILES string of the molecule is C[C@@H]1COCCN1c1cc(N2CC(c3ccnn3C)C2)c(C=N)c(Nc2ccn[nH]2)n1. The van der Waals surface area contributed by atoms with Crippen molar-refractivity contribution in [3.8, 4) is 0 Å². The van der Waals surface area contributed by atoms with E-state index in [0.717, 1.165) is 42.5 Å². The fraction of sp³-hybridized carbons (Fsp3) is 0.429. The fourth-order valence-corrected chi connectivity index (χ4v) is 4.34. The Kier molecular flexibility index (Phi) is 5.06. The Morgan fingerprint density at radius 3 is 2.84 bits per heavy atom. The van der Waals surface area contributed by atoms with E-state index in [-0.39, 0.29) is 6.04 Å². The molecule has 0 amide bonds. The first-order valence-electron chi connectivity index (χ1n) is 10.5. The zero-order valence-electron chi connectivity index (χ0n) is 17.7. The Hall–Kier alpha value is -3.40. The summed E-state index contributed by atoms with van der Waals surface area (Å²) >= 11 is 0. The first kappa shape index (κ1) is 19.6. The summed E-state index contributed by atoms with van der Waals surface area (Å²) < 4.78 is 7.56. The molecule has 5 rings (SSSR count). The van der Waals surface area contributed by atoms with Gasteiger partial charge in [-0.15, -0.1) is 0 Å². The van der Waals surface area contributed by atoms with E-state index in [0.29, 0.717) is 24.9 Å². The van der Waals surface area contributed by atoms with Gasteiger partial charge in [-0.05, 0) is 13.0 Å². The second-order valence-corrected chi connectivity index (χ2v) is 8.10. The van der Waals surface area contributed by atoms with Crippen LogP contribution in [0.2, 0.25) is 0 Å². The molecule has 0 radical (unpaired) electrons. The van der Waals surface area contributed by atoms with Crippen LogP contribution >= 0.6 is 0 Å². The van der Waals surface area contributed by atoms with E-state index in [1.807, 2.05) is 24.0 Å². The number of anilines is 4. The molecule has 2 saturated heterocycles. The zero-order valence-corrected chi connectivity index (χ0v) is 17.7. The molecule has 0 spiro atoms. The van der Waals surface area contributed by atoms with Gasteiger partial charge in [0, 0.05) is 62.8 Å². The molecular formula is C21H27N9O. The summed E-state index contributed by atoms with van der Waals surface area (Å²) in [7, 11) is 1.98. The van der Waals surface area contributed by atoms with Crippen LogP contribution in [0.25, 0.3) is 0 Å². The quantitative estimate of drug-likeness (QED) is 0.523. The maximum Gasteiger partial charge on any atom is 0.144 e. The Balaban J connectivity index is 1.50. The summed E-state index contributed by atoms with van der Waals surface area (Å²) in [5, 5.41) is 22.7. The molecule has 10 heteroatoms. The maximum absolute atomic E-state index is 8.12. The summed E-state index contributed by atoms with van der Waals surface area (Å²) in [6.45, 7) is 6.06. The average Bonchev–Trinajstić information content (AvgIpc) is 3.39. The highest BCUT2D eigenvalue weighted by Gasteiger charge is 2.33. The number of aryl methyl sites for hydroxylation is 1. The molecule has 3 N–H and O–H groups in total. The first-order valence-corrected chi connectivity index (χ1v) is 10.5. The molecule has 2 aliphatic rings. The average molecular weight is 422 g/mol. The van der Waals surface area contributed by atoms with Gasteiger partial charge < -0.3 is 25.3 Å². The van der Waals surface area contributed by atoms with Gasteiger partial charge in [0.05, 0.1) is 36.7 Å². The lowest BCUT2D eigenvalue weighted by Gasteiger charge is -2.42. The molecule has 31 heavy (non-hydrogen) atoms. The van der Waals surface area contributed by atoms with Crippen LogP contribution < -0.4 is 15.1 Å². The molecular weight excluding hydrogens is 394 g/mol. The molecule has 2 fully saturated rings. The Morgan fingerprint density at radius 1 is 1.29 bits per heavy atom. The Bertz CT molecular complexity index is 1050. The van der Waals surface area contributed by atoms with E-state index >= 15 is 0 Å². The van der Waals surface area contributed by atoms with Crippen LogP contribution in [0.3, 0.4) is 0 Å². The van der Waals surface area contributed by atoms with Crippen molar-refractivity contribution in [1.29, 1.82) is 5.41 Å². The summed E-state index contributed by atoms with van der Waals surface area (Å²) in [4.78, 5) is 9.48. The number of hydrogen-bond donors (Lipinski definition) is 3. The van der Waals surface area contributed by atoms with E-state index in [1.165, 1.54) is 11.9 Å². The van der Waals surface area contributed by atoms with E-state index in [9.17, 15) is 0 Å². The number of H-pyrrole nitrogens is 1. The summed E-state index contributed by atoms with van der Waals surface area (Å²) in [6.07, 6.45) is 4.91. The molecule has 0 unspecified atom stereocenters. The smallest absolute Gasteiger partial charge is 0.144 e. The van der Waals surface area contributed by atoms with Crippen LogP contribution in [0, 0.1) is 5.41 Å². The molecule has 2 aliphatic heterocycles. The third kappa shape index (κ3) is 3.63. The molecule has 0 saturated carbocycles. The van der Waals surface area contributed by atoms with Gasteiger partial charge in [0.2, 0.25) is 0 Å². The number of rotatable bonds is 6. The van der Waals surface area contributed by atoms with Gasteiger partial charge in [0.1, 0.15) is 17.5 Å². The highest BCUT2D eigenvalue weighted by atomic mass is 16.5. The molecule has 0 aromatic carbocycles. The van der Waals surface area contributed by atoms with Crippen molar-refractivity contribution >= 4 is 29.4 Å². The fourth-order valence-electron chi connectivity index (χ4n) is 4.34. The predicted molar refractivity (Wildman–Crippen MR) is 120 cm³/mol. The van der Waals surface area contributed by atoms with Crippen LogP contribution in [0.15, 0.2) is 30.6 Å². The molecule has 1 atom stereocenters. The van der Waals surface area contributed by atoms with Crippen molar-refractivity contribution in [2.24, 2.45) is 7.05 Å². The molecule has 3 aromatic rings. The number of hydrogen-bond acceptors (Lipinski definition) is 8. The lowest BCUT2D eigenvalue weighted by Crippen LogP contribution is -2.47. The standard InChI is InChI=1S/C21H27N9O/c1-14-13-31-8-7-30(14)20-9-18(29-11-15(12-29)17-3-6-24-28(17)2)16(10-22)21(26-20)25-19-4-5-23-27-19/h3-6,9-10,14-15,22H,7-8,11-13H2,1-2H3,(H2,23,25,26,27)/t14-/m1/s1. The summed E-state index contributed by atoms with van der Waals surface area (Å²) in [5.74, 6) is 2.70. The largest absolute Gasteiger partial charge is 0.377 e. The lowest BCUT2D eigenvalue weighted by molar-refractivity contribution is 0.0985. The number of nitrogens with zero attached hydrogens (tertiary/aromatic N) is 6. The van der Waals surface area contributed by atoms with E-state index < -0.39 is 0 Å². The van der Waals surface area contributed by atoms with Gasteiger partial charge in [0.25, 0.3) is 0 Å². The third-order valence-corrected chi connectivity index (χ3v) is 6.08. The van der Waals surface area contributed by atoms with Gasteiger partial charge >= 0.3 is 0 Å². The van der Waals surface area contributed by atoms with E-state index in [2.05, 4.69) is 49.5 Å². The van der Waals surface area contributed by atoms with Gasteiger partial charge in [-0.2, -0.15) is 10.2 Å². The van der Waals surface area contributed by atoms with Crippen LogP contribution in [-0.4, -0.2) is 70.1 Å². The van der Waals surface area contributed by atoms with Crippen molar-refractivity contribution in [1.82, 2.24) is 25.0 Å². The number of aromatic nitrogens is 5. The predicted octanol–water partition coefficient (Wildman–Crippen LogP) is 2.11. The molecule has 10 nitrogen and oxygen atoms in total. The minimum Gasteiger partial charge on any atom is -0.377 e. The second kappa shape index (κ2) is 8.03. The van der Waals surface area contributed by atoms with Gasteiger partial charge in [-0.3, -0.25) is 9.78 Å². The number of pyridine rings is 1. The monoisotopic (exact) mass is 421 g/mol. The number of morpholine rings is 1. The van der Waals surface area contributed by atoms with Gasteiger partial charge in [-0.1, -0.05) is 0 Å². The van der Waals surface area contributed by atoms with Crippen molar-refractivity contribution in [3.63, 3.8) is 0 Å². The van der Waals surface area contributed by atoms with Crippen molar-refractivity contribution in [3.05, 3.63) is 41.9 Å². The number of nitrogens with one attached hydrogen (secondary N) is 3. The highest BCUT2D eigenvalue weighted by Crippen LogP contribution is 2.38. The van der Waals surface area contributed by atoms with Crippen molar-refractivity contribution in [2.75, 3.05) is 48.0 Å². The summed E-state index contributed by atoms with van der Waals surface area (Å²) in [5.41, 5.74) is 3.02. The van der Waals surface area contributed by atoms with Gasteiger partial charge in [0.15, 0.2) is 0 Å². The van der Waals surface area contributed by atoms with E-state index in [1.54, 1.807) is 6.20 Å². The second-order valence-electron chi connectivity index (χ2n) is 8.10. The summed E-state index contributed by atoms with van der Waals surface area (Å²) in [6, 6.07) is 6.28. The number of ether oxygens (including phenoxy) is 1. The molecule has 5 heterocycles. The van der Waals surface area contributed by atoms with Crippen molar-refractivity contribution in [2.45, 2.75) is 18.9 Å². The minimum atomic E-state index is 0.235. The topological polar surface area (TPSA) is 111 Å². The molecule has 0 bridgehead atoms. The highest BCUT2D eigenvalue weighted by molar-refractivity contribution is 5.95. The van der Waals surface area contributed by atoms with E-state index in [4.69, 9.17) is 15.1 Å². The lowest BCUT2D eigenvalue weighted by atomic mass is 9.94. The van der Waals surface area contributed by atoms with Gasteiger partial charge in [-0.25, -0.2) is 4.98 Å². The van der Waals surface area contributed by atoms with Crippen LogP contribution in [-0.2, 0) is 11.8 Å². The molecule has 3 aromatic heterocycles. The van der Waals surface area contributed by atoms with Crippen LogP contribution in [0.4, 0.5) is 23.1 Å². The number of aromatic amines is 1. The van der Waals surface area contributed by atoms with Crippen molar-refractivity contribution < 1.29 is 4.74 Å². The van der Waals surface area contributed by atoms with Crippen LogP contribution in [0.5, 0.6) is 0 Å². The normalized spacial score (nSPS) is 19.4. The maximum atomic E-state index is 8.12. The third-order valence-electron chi connectivity index (χ3n) is 6.08. The Morgan fingerprint density at radius 2 is 2.16 bits per heavy atom. The Labute approximate surface area is 180 Å². The minimum absolute atomic E-state index is 0.235. The molecule has 162 valence electrons. The first-order chi connectivity index (χ1) is 15.1. The molecule has 0 aliphatic carbocycles. The zero-order chi connectivity index (χ0) is 21.4. The van der Waals surface area contributed by atoms with Crippen LogP contribution in [0.1, 0.15) is 24.1 Å².